The smallest absolute Gasteiger partial charge is 0.334 e. The van der Waals surface area contributed by atoms with Gasteiger partial charge in [-0.3, -0.25) is 19.2 Å². The van der Waals surface area contributed by atoms with Gasteiger partial charge >= 0.3 is 29.8 Å². The lowest BCUT2D eigenvalue weighted by molar-refractivity contribution is -0.149. The second kappa shape index (κ2) is 28.9. The molecule has 3 unspecified atom stereocenters. The minimum absolute atomic E-state index is 0.0280. The molecule has 2 aromatic carbocycles. The van der Waals surface area contributed by atoms with Gasteiger partial charge in [0.1, 0.15) is 5.25 Å². The summed E-state index contributed by atoms with van der Waals surface area (Å²) in [5.74, 6) is -3.61. The second-order valence-corrected chi connectivity index (χ2v) is 16.4. The van der Waals surface area contributed by atoms with Crippen LogP contribution in [0.25, 0.3) is 12.2 Å². The summed E-state index contributed by atoms with van der Waals surface area (Å²) in [6.07, 6.45) is 9.49. The van der Waals surface area contributed by atoms with Gasteiger partial charge in [0.25, 0.3) is 0 Å². The molecule has 0 heterocycles. The number of carbonyl (C=O) groups excluding carboxylic acids is 5. The Hall–Kier alpha value is -4.36. The first-order chi connectivity index (χ1) is 27.4. The minimum Gasteiger partial charge on any atom is -0.481 e. The Morgan fingerprint density at radius 2 is 0.982 bits per heavy atom. The van der Waals surface area contributed by atoms with Gasteiger partial charge in [-0.25, -0.2) is 9.59 Å². The quantitative estimate of drug-likeness (QED) is 0.0393. The van der Waals surface area contributed by atoms with E-state index in [1.54, 1.807) is 26.0 Å². The van der Waals surface area contributed by atoms with Crippen molar-refractivity contribution >= 4 is 70.0 Å². The normalized spacial score (nSPS) is 13.2. The summed E-state index contributed by atoms with van der Waals surface area (Å²) in [4.78, 5) is 74.0. The van der Waals surface area contributed by atoms with Crippen LogP contribution in [0.15, 0.2) is 71.8 Å². The molecule has 0 fully saturated rings. The molecule has 13 heteroatoms. The number of aliphatic carboxylic acids is 1. The third-order valence-electron chi connectivity index (χ3n) is 8.58. The lowest BCUT2D eigenvalue weighted by Gasteiger charge is -2.14. The standard InChI is InChI=1S/C44H58O11S2/c1-5-56-44(51)57-34(4)41(48)53-24-16-8-6-7-9-17-25-54-43(50)38(31-36-22-14-11-15-23-36)29-33(3)40(47)52-26-18-19-27-55-42(49)37(28-32(2)39(45)46)30-35-20-12-10-13-21-35/h10-15,20-23,30-34H,5-9,16-19,24-29H2,1-4H3,(H,45,46)/b37-30+,38-31+. The molecule has 0 aliphatic heterocycles. The van der Waals surface area contributed by atoms with Gasteiger partial charge in [0.2, 0.25) is 4.45 Å². The van der Waals surface area contributed by atoms with Crippen molar-refractivity contribution in [1.29, 1.82) is 0 Å². The van der Waals surface area contributed by atoms with E-state index in [0.717, 1.165) is 55.0 Å². The average Bonchev–Trinajstić information content (AvgIpc) is 3.19. The van der Waals surface area contributed by atoms with E-state index in [1.807, 2.05) is 67.6 Å². The molecule has 1 N–H and O–H groups in total. The Labute approximate surface area is 345 Å². The maximum absolute atomic E-state index is 13.2. The summed E-state index contributed by atoms with van der Waals surface area (Å²) in [7, 11) is 0. The number of carboxylic acid groups (broad SMARTS) is 1. The van der Waals surface area contributed by atoms with Crippen LogP contribution in [0.1, 0.15) is 103 Å². The molecule has 57 heavy (non-hydrogen) atoms. The fourth-order valence-electron chi connectivity index (χ4n) is 5.31. The van der Waals surface area contributed by atoms with Crippen molar-refractivity contribution < 1.29 is 52.8 Å². The van der Waals surface area contributed by atoms with Crippen LogP contribution >= 0.6 is 23.5 Å². The number of benzene rings is 2. The van der Waals surface area contributed by atoms with Crippen LogP contribution < -0.4 is 0 Å². The highest BCUT2D eigenvalue weighted by Gasteiger charge is 2.23. The van der Waals surface area contributed by atoms with Crippen molar-refractivity contribution in [2.45, 2.75) is 97.2 Å². The molecular formula is C44H58O11S2. The van der Waals surface area contributed by atoms with Crippen molar-refractivity contribution in [1.82, 2.24) is 0 Å². The molecule has 0 aliphatic rings. The summed E-state index contributed by atoms with van der Waals surface area (Å²) >= 11 is 2.17. The van der Waals surface area contributed by atoms with Crippen molar-refractivity contribution in [2.24, 2.45) is 11.8 Å². The Kier molecular flexibility index (Phi) is 24.8. The first kappa shape index (κ1) is 48.8. The summed E-state index contributed by atoms with van der Waals surface area (Å²) in [6, 6.07) is 18.5. The van der Waals surface area contributed by atoms with E-state index in [4.69, 9.17) is 18.9 Å². The first-order valence-electron chi connectivity index (χ1n) is 19.7. The SMILES string of the molecule is CCSC(=O)SC(C)C(=O)OCCCCCCCCOC(=O)/C(=C/c1ccccc1)CC(C)C(=O)OCCCCOC(=O)/C(=C/c1ccccc1)CC(C)C(=O)O. The summed E-state index contributed by atoms with van der Waals surface area (Å²) < 4.78 is 21.7. The highest BCUT2D eigenvalue weighted by Crippen LogP contribution is 2.23. The van der Waals surface area contributed by atoms with Gasteiger partial charge < -0.3 is 24.1 Å². The highest BCUT2D eigenvalue weighted by molar-refractivity contribution is 8.38. The Morgan fingerprint density at radius 3 is 1.44 bits per heavy atom. The number of hydrogen-bond donors (Lipinski definition) is 1. The number of hydrogen-bond acceptors (Lipinski definition) is 12. The number of carboxylic acids is 1. The zero-order valence-electron chi connectivity index (χ0n) is 33.6. The van der Waals surface area contributed by atoms with E-state index in [1.165, 1.54) is 18.7 Å². The molecule has 0 radical (unpaired) electrons. The van der Waals surface area contributed by atoms with Crippen molar-refractivity contribution in [2.75, 3.05) is 32.2 Å². The lowest BCUT2D eigenvalue weighted by atomic mass is 9.99. The minimum atomic E-state index is -1.00. The van der Waals surface area contributed by atoms with Crippen molar-refractivity contribution in [3.63, 3.8) is 0 Å². The van der Waals surface area contributed by atoms with E-state index < -0.39 is 41.0 Å². The van der Waals surface area contributed by atoms with Crippen molar-refractivity contribution in [3.05, 3.63) is 82.9 Å². The lowest BCUT2D eigenvalue weighted by Crippen LogP contribution is -2.19. The van der Waals surface area contributed by atoms with Gasteiger partial charge in [-0.1, -0.05) is 131 Å². The molecule has 0 saturated heterocycles. The fourth-order valence-corrected chi connectivity index (χ4v) is 7.06. The molecule has 2 rings (SSSR count). The van der Waals surface area contributed by atoms with Crippen LogP contribution in [-0.2, 0) is 42.9 Å². The molecule has 0 aliphatic carbocycles. The monoisotopic (exact) mass is 826 g/mol. The maximum Gasteiger partial charge on any atom is 0.334 e. The molecule has 0 aromatic heterocycles. The number of ether oxygens (including phenoxy) is 4. The molecule has 0 amide bonds. The Bertz CT molecular complexity index is 1610. The van der Waals surface area contributed by atoms with Crippen LogP contribution in [0, 0.1) is 11.8 Å². The molecule has 3 atom stereocenters. The molecule has 2 aromatic rings. The number of carbonyl (C=O) groups is 6. The van der Waals surface area contributed by atoms with Crippen LogP contribution in [0.2, 0.25) is 0 Å². The van der Waals surface area contributed by atoms with Crippen molar-refractivity contribution in [3.8, 4) is 0 Å². The number of esters is 4. The number of thioether (sulfide) groups is 2. The largest absolute Gasteiger partial charge is 0.481 e. The molecule has 312 valence electrons. The van der Waals surface area contributed by atoms with Gasteiger partial charge in [-0.05, 0) is 74.5 Å². The molecule has 0 spiro atoms. The van der Waals surface area contributed by atoms with E-state index >= 15 is 0 Å². The van der Waals surface area contributed by atoms with E-state index in [-0.39, 0.29) is 48.7 Å². The molecule has 0 saturated carbocycles. The second-order valence-electron chi connectivity index (χ2n) is 13.6. The number of unbranched alkanes of at least 4 members (excludes halogenated alkanes) is 6. The summed E-state index contributed by atoms with van der Waals surface area (Å²) in [6.45, 7) is 7.55. The predicted octanol–water partition coefficient (Wildman–Crippen LogP) is 9.58. The van der Waals surface area contributed by atoms with Gasteiger partial charge in [0.15, 0.2) is 0 Å². The number of rotatable bonds is 27. The highest BCUT2D eigenvalue weighted by atomic mass is 32.2. The van der Waals surface area contributed by atoms with E-state index in [2.05, 4.69) is 0 Å². The molecular weight excluding hydrogens is 769 g/mol. The predicted molar refractivity (Wildman–Crippen MR) is 225 cm³/mol. The van der Waals surface area contributed by atoms with Crippen LogP contribution in [0.4, 0.5) is 4.79 Å². The maximum atomic E-state index is 13.2. The zero-order valence-corrected chi connectivity index (χ0v) is 35.2. The zero-order chi connectivity index (χ0) is 41.8. The van der Waals surface area contributed by atoms with E-state index in [0.29, 0.717) is 37.2 Å². The van der Waals surface area contributed by atoms with Crippen LogP contribution in [0.3, 0.4) is 0 Å². The summed E-state index contributed by atoms with van der Waals surface area (Å²) in [5.41, 5.74) is 2.20. The third kappa shape index (κ3) is 21.7. The fraction of sp³-hybridized carbons (Fsp3) is 0.500. The van der Waals surface area contributed by atoms with E-state index in [9.17, 15) is 33.9 Å². The van der Waals surface area contributed by atoms with Gasteiger partial charge in [0, 0.05) is 11.1 Å². The molecule has 11 nitrogen and oxygen atoms in total. The van der Waals surface area contributed by atoms with Crippen LogP contribution in [-0.4, -0.2) is 76.8 Å². The third-order valence-corrected chi connectivity index (χ3v) is 10.5. The van der Waals surface area contributed by atoms with Gasteiger partial charge in [-0.15, -0.1) is 0 Å². The Balaban J connectivity index is 1.73. The van der Waals surface area contributed by atoms with Crippen LogP contribution in [0.5, 0.6) is 0 Å². The van der Waals surface area contributed by atoms with Gasteiger partial charge in [-0.2, -0.15) is 0 Å². The van der Waals surface area contributed by atoms with Gasteiger partial charge in [0.05, 0.1) is 38.3 Å². The average molecular weight is 827 g/mol. The molecule has 0 bridgehead atoms. The topological polar surface area (TPSA) is 160 Å². The summed E-state index contributed by atoms with van der Waals surface area (Å²) in [5, 5.41) is 8.82. The Morgan fingerprint density at radius 1 is 0.579 bits per heavy atom. The first-order valence-corrected chi connectivity index (χ1v) is 21.5.